The predicted octanol–water partition coefficient (Wildman–Crippen LogP) is 1.13. The Hall–Kier alpha value is -0.950. The van der Waals surface area contributed by atoms with Crippen molar-refractivity contribution < 1.29 is 13.5 Å². The Bertz CT molecular complexity index is 510. The van der Waals surface area contributed by atoms with Crippen molar-refractivity contribution in [2.24, 2.45) is 5.92 Å². The van der Waals surface area contributed by atoms with E-state index in [1.54, 1.807) is 19.1 Å². The van der Waals surface area contributed by atoms with Crippen molar-refractivity contribution >= 4 is 10.0 Å². The average molecular weight is 314 g/mol. The number of rotatable bonds is 9. The van der Waals surface area contributed by atoms with Crippen LogP contribution in [0, 0.1) is 5.92 Å². The largest absolute Gasteiger partial charge is 0.392 e. The first-order valence-electron chi connectivity index (χ1n) is 7.28. The van der Waals surface area contributed by atoms with E-state index in [1.165, 1.54) is 0 Å². The van der Waals surface area contributed by atoms with Gasteiger partial charge in [0.05, 0.1) is 11.0 Å². The second-order valence-corrected chi connectivity index (χ2v) is 7.46. The van der Waals surface area contributed by atoms with E-state index in [0.29, 0.717) is 25.6 Å². The van der Waals surface area contributed by atoms with Crippen LogP contribution in [0.25, 0.3) is 0 Å². The fourth-order valence-corrected chi connectivity index (χ4v) is 2.98. The van der Waals surface area contributed by atoms with Crippen molar-refractivity contribution in [2.45, 2.75) is 38.2 Å². The third-order valence-corrected chi connectivity index (χ3v) is 4.39. The summed E-state index contributed by atoms with van der Waals surface area (Å²) in [5, 5.41) is 12.0. The Morgan fingerprint density at radius 2 is 1.71 bits per heavy atom. The molecule has 0 fully saturated rings. The first-order valence-corrected chi connectivity index (χ1v) is 8.77. The van der Waals surface area contributed by atoms with Crippen molar-refractivity contribution in [3.63, 3.8) is 0 Å². The summed E-state index contributed by atoms with van der Waals surface area (Å²) in [5.41, 5.74) is 1.14. The minimum atomic E-state index is -3.46. The first-order chi connectivity index (χ1) is 9.81. The third kappa shape index (κ3) is 7.04. The number of aliphatic hydroxyl groups is 1. The molecule has 0 spiro atoms. The Kier molecular flexibility index (Phi) is 7.31. The Morgan fingerprint density at radius 3 is 2.24 bits per heavy atom. The van der Waals surface area contributed by atoms with Crippen LogP contribution in [0.15, 0.2) is 29.2 Å². The maximum atomic E-state index is 12.1. The van der Waals surface area contributed by atoms with Crippen LogP contribution in [0.1, 0.15) is 26.3 Å². The van der Waals surface area contributed by atoms with Gasteiger partial charge in [-0.2, -0.15) is 0 Å². The second kappa shape index (κ2) is 8.48. The normalized spacial score (nSPS) is 13.6. The lowest BCUT2D eigenvalue weighted by atomic mass is 10.0. The Morgan fingerprint density at radius 1 is 1.10 bits per heavy atom. The van der Waals surface area contributed by atoms with Gasteiger partial charge in [-0.1, -0.05) is 26.0 Å². The van der Waals surface area contributed by atoms with Crippen molar-refractivity contribution in [1.29, 1.82) is 0 Å². The summed E-state index contributed by atoms with van der Waals surface area (Å²) in [5.74, 6) is 0.547. The summed E-state index contributed by atoms with van der Waals surface area (Å²) in [6.07, 6.45) is 0.506. The Balaban J connectivity index is 2.50. The zero-order valence-corrected chi connectivity index (χ0v) is 13.8. The monoisotopic (exact) mass is 314 g/mol. The highest BCUT2D eigenvalue weighted by atomic mass is 32.2. The van der Waals surface area contributed by atoms with E-state index in [1.807, 2.05) is 12.1 Å². The van der Waals surface area contributed by atoms with Gasteiger partial charge in [0.1, 0.15) is 0 Å². The highest BCUT2D eigenvalue weighted by molar-refractivity contribution is 7.89. The smallest absolute Gasteiger partial charge is 0.240 e. The van der Waals surface area contributed by atoms with Crippen molar-refractivity contribution in [1.82, 2.24) is 10.0 Å². The van der Waals surface area contributed by atoms with Crippen molar-refractivity contribution in [3.05, 3.63) is 29.8 Å². The molecule has 6 heteroatoms. The molecule has 0 bridgehead atoms. The molecule has 3 N–H and O–H groups in total. The third-order valence-electron chi connectivity index (χ3n) is 2.91. The SMILES string of the molecule is CC(C)Cc1ccc(S(=O)(=O)NCCNCC(C)O)cc1. The molecule has 1 aromatic rings. The number of hydrogen-bond acceptors (Lipinski definition) is 4. The molecule has 5 nitrogen and oxygen atoms in total. The van der Waals surface area contributed by atoms with Crippen LogP contribution in [0.4, 0.5) is 0 Å². The molecule has 0 radical (unpaired) electrons. The molecule has 0 heterocycles. The molecule has 1 rings (SSSR count). The molecule has 1 atom stereocenters. The van der Waals surface area contributed by atoms with E-state index in [9.17, 15) is 8.42 Å². The molecule has 0 amide bonds. The maximum absolute atomic E-state index is 12.1. The lowest BCUT2D eigenvalue weighted by Gasteiger charge is -2.10. The van der Waals surface area contributed by atoms with Crippen LogP contribution in [0.5, 0.6) is 0 Å². The van der Waals surface area contributed by atoms with Crippen LogP contribution < -0.4 is 10.0 Å². The van der Waals surface area contributed by atoms with Gasteiger partial charge >= 0.3 is 0 Å². The van der Waals surface area contributed by atoms with Crippen molar-refractivity contribution in [3.8, 4) is 0 Å². The fraction of sp³-hybridized carbons (Fsp3) is 0.600. The van der Waals surface area contributed by atoms with E-state index in [-0.39, 0.29) is 4.90 Å². The first kappa shape index (κ1) is 18.1. The maximum Gasteiger partial charge on any atom is 0.240 e. The van der Waals surface area contributed by atoms with Gasteiger partial charge in [0.25, 0.3) is 0 Å². The molecule has 0 aliphatic carbocycles. The van der Waals surface area contributed by atoms with Gasteiger partial charge in [0.2, 0.25) is 10.0 Å². The van der Waals surface area contributed by atoms with Gasteiger partial charge in [-0.3, -0.25) is 0 Å². The number of sulfonamides is 1. The second-order valence-electron chi connectivity index (χ2n) is 5.69. The number of nitrogens with one attached hydrogen (secondary N) is 2. The highest BCUT2D eigenvalue weighted by Crippen LogP contribution is 2.13. The molecule has 0 aliphatic rings. The van der Waals surface area contributed by atoms with Gasteiger partial charge in [0.15, 0.2) is 0 Å². The molecular formula is C15H26N2O3S. The standard InChI is InChI=1S/C15H26N2O3S/c1-12(2)10-14-4-6-15(7-5-14)21(19,20)17-9-8-16-11-13(3)18/h4-7,12-13,16-18H,8-11H2,1-3H3. The van der Waals surface area contributed by atoms with E-state index >= 15 is 0 Å². The molecule has 1 unspecified atom stereocenters. The number of benzene rings is 1. The van der Waals surface area contributed by atoms with Gasteiger partial charge in [0, 0.05) is 19.6 Å². The van der Waals surface area contributed by atoms with Crippen LogP contribution in [0.2, 0.25) is 0 Å². The molecular weight excluding hydrogens is 288 g/mol. The minimum Gasteiger partial charge on any atom is -0.392 e. The van der Waals surface area contributed by atoms with Gasteiger partial charge < -0.3 is 10.4 Å². The minimum absolute atomic E-state index is 0.283. The zero-order chi connectivity index (χ0) is 15.9. The molecule has 1 aromatic carbocycles. The lowest BCUT2D eigenvalue weighted by molar-refractivity contribution is 0.192. The summed E-state index contributed by atoms with van der Waals surface area (Å²) >= 11 is 0. The Labute approximate surface area is 127 Å². The fourth-order valence-electron chi connectivity index (χ4n) is 1.94. The molecule has 0 aromatic heterocycles. The highest BCUT2D eigenvalue weighted by Gasteiger charge is 2.13. The van der Waals surface area contributed by atoms with Gasteiger partial charge in [-0.15, -0.1) is 0 Å². The van der Waals surface area contributed by atoms with Crippen LogP contribution in [-0.2, 0) is 16.4 Å². The van der Waals surface area contributed by atoms with E-state index in [0.717, 1.165) is 12.0 Å². The molecule has 0 saturated carbocycles. The predicted molar refractivity (Wildman–Crippen MR) is 84.7 cm³/mol. The van der Waals surface area contributed by atoms with Gasteiger partial charge in [-0.25, -0.2) is 13.1 Å². The van der Waals surface area contributed by atoms with E-state index in [4.69, 9.17) is 5.11 Å². The van der Waals surface area contributed by atoms with Crippen LogP contribution in [0.3, 0.4) is 0 Å². The van der Waals surface area contributed by atoms with Gasteiger partial charge in [-0.05, 0) is 37.0 Å². The van der Waals surface area contributed by atoms with Crippen LogP contribution >= 0.6 is 0 Å². The average Bonchev–Trinajstić information content (AvgIpc) is 2.37. The summed E-state index contributed by atoms with van der Waals surface area (Å²) in [6, 6.07) is 7.01. The number of aliphatic hydroxyl groups excluding tert-OH is 1. The molecule has 21 heavy (non-hydrogen) atoms. The summed E-state index contributed by atoms with van der Waals surface area (Å²) in [6.45, 7) is 7.17. The van der Waals surface area contributed by atoms with E-state index < -0.39 is 16.1 Å². The molecule has 0 saturated heterocycles. The topological polar surface area (TPSA) is 78.4 Å². The zero-order valence-electron chi connectivity index (χ0n) is 13.0. The summed E-state index contributed by atoms with van der Waals surface area (Å²) in [4.78, 5) is 0.283. The quantitative estimate of drug-likeness (QED) is 0.597. The van der Waals surface area contributed by atoms with Crippen LogP contribution in [-0.4, -0.2) is 39.3 Å². The lowest BCUT2D eigenvalue weighted by Crippen LogP contribution is -2.34. The molecule has 120 valence electrons. The van der Waals surface area contributed by atoms with E-state index in [2.05, 4.69) is 23.9 Å². The summed E-state index contributed by atoms with van der Waals surface area (Å²) in [7, 11) is -3.46. The van der Waals surface area contributed by atoms with Crippen molar-refractivity contribution in [2.75, 3.05) is 19.6 Å². The summed E-state index contributed by atoms with van der Waals surface area (Å²) < 4.78 is 26.7. The number of hydrogen-bond donors (Lipinski definition) is 3. The molecule has 0 aliphatic heterocycles.